The first-order chi connectivity index (χ1) is 56.7. The summed E-state index contributed by atoms with van der Waals surface area (Å²) in [4.78, 5) is 245. The minimum absolute atomic E-state index is 0.0142. The van der Waals surface area contributed by atoms with Gasteiger partial charge in [-0.05, 0) is 99.4 Å². The first kappa shape index (κ1) is 95.2. The Bertz CT molecular complexity index is 4500. The lowest BCUT2D eigenvalue weighted by Crippen LogP contribution is -2.63. The molecule has 1 aromatic heterocycles. The van der Waals surface area contributed by atoms with Crippen LogP contribution in [0, 0.1) is 40.2 Å². The number of ether oxygens (including phenoxy) is 4. The summed E-state index contributed by atoms with van der Waals surface area (Å²) in [6.07, 6.45) is 4.79. The molecule has 0 spiro atoms. The molecule has 660 valence electrons. The lowest BCUT2D eigenvalue weighted by Gasteiger charge is -2.59. The molecule has 1 saturated heterocycles. The Kier molecular flexibility index (Phi) is 31.8. The van der Waals surface area contributed by atoms with Gasteiger partial charge >= 0.3 is 5.97 Å². The summed E-state index contributed by atoms with van der Waals surface area (Å²) in [5.41, 5.74) is -2.79. The number of likely N-dealkylation sites (N-methyl/N-ethyl adjacent to an activating group) is 10. The Morgan fingerprint density at radius 3 is 1.56 bits per heavy atom. The van der Waals surface area contributed by atoms with E-state index in [1.807, 2.05) is 19.9 Å². The Labute approximate surface area is 701 Å². The minimum atomic E-state index is -1.71. The van der Waals surface area contributed by atoms with Gasteiger partial charge in [0, 0.05) is 118 Å². The number of carbonyl (C=O) groups excluding carboxylic acids is 17. The number of amides is 15. The van der Waals surface area contributed by atoms with Gasteiger partial charge in [0.1, 0.15) is 49.4 Å². The number of carbonyl (C=O) groups is 18. The Balaban J connectivity index is 0.738. The van der Waals surface area contributed by atoms with E-state index < -0.39 is 243 Å². The fourth-order valence-corrected chi connectivity index (χ4v) is 16.8. The fraction of sp³-hybridized carbons (Fsp3) is 0.575. The highest BCUT2D eigenvalue weighted by Gasteiger charge is 2.76. The van der Waals surface area contributed by atoms with Crippen molar-refractivity contribution in [2.24, 2.45) is 28.6 Å². The molecule has 0 bridgehead atoms. The number of aliphatic hydroxyl groups excluding tert-OH is 1. The maximum absolute atomic E-state index is 15.9. The van der Waals surface area contributed by atoms with Crippen molar-refractivity contribution in [1.82, 2.24) is 64.9 Å². The molecule has 5 N–H and O–H groups in total. The minimum Gasteiger partial charge on any atom is -0.493 e. The number of allylic oxidation sites excluding steroid dienone is 4. The number of ketones is 2. The average molecular weight is 1720 g/mol. The number of thiophene rings is 1. The van der Waals surface area contributed by atoms with E-state index in [0.29, 0.717) is 24.2 Å². The van der Waals surface area contributed by atoms with Crippen LogP contribution in [0.2, 0.25) is 0 Å². The monoisotopic (exact) mass is 1720 g/mol. The summed E-state index contributed by atoms with van der Waals surface area (Å²) in [5, 5.41) is 30.2. The molecular formula is C80H106F2N14O24S. The zero-order chi connectivity index (χ0) is 89.8. The molecule has 8 rings (SSSR count). The number of aliphatic carboxylic acids is 1. The number of rotatable bonds is 39. The quantitative estimate of drug-likeness (QED) is 0.0293. The van der Waals surface area contributed by atoms with Crippen LogP contribution in [0.15, 0.2) is 59.5 Å². The number of carboxylic acid groups (broad SMARTS) is 1. The molecule has 11 atom stereocenters. The van der Waals surface area contributed by atoms with Crippen LogP contribution in [-0.2, 0) is 107 Å². The van der Waals surface area contributed by atoms with E-state index in [9.17, 15) is 91.4 Å². The summed E-state index contributed by atoms with van der Waals surface area (Å²) in [5.74, 6) is -14.8. The maximum atomic E-state index is 15.9. The molecule has 0 radical (unpaired) electrons. The van der Waals surface area contributed by atoms with Gasteiger partial charge < -0.3 is 94.1 Å². The largest absolute Gasteiger partial charge is 0.493 e. The second kappa shape index (κ2) is 40.4. The predicted octanol–water partition coefficient (Wildman–Crippen LogP) is -1.37. The van der Waals surface area contributed by atoms with Crippen LogP contribution in [0.25, 0.3) is 0 Å². The third-order valence-electron chi connectivity index (χ3n) is 23.2. The average Bonchev–Trinajstić information content (AvgIpc) is 1.52. The van der Waals surface area contributed by atoms with Crippen molar-refractivity contribution in [2.45, 2.75) is 115 Å². The highest BCUT2D eigenvalue weighted by molar-refractivity contribution is 7.10. The number of aryl methyl sites for hydroxylation is 1. The predicted molar refractivity (Wildman–Crippen MR) is 423 cm³/mol. The van der Waals surface area contributed by atoms with Gasteiger partial charge in [0.15, 0.2) is 23.5 Å². The molecule has 38 nitrogen and oxygen atoms in total. The Morgan fingerprint density at radius 1 is 0.620 bits per heavy atom. The van der Waals surface area contributed by atoms with Crippen LogP contribution in [-0.4, -0.2) is 351 Å². The zero-order valence-corrected chi connectivity index (χ0v) is 70.9. The number of hydrogen-bond acceptors (Lipinski definition) is 24. The van der Waals surface area contributed by atoms with Gasteiger partial charge in [0.2, 0.25) is 76.8 Å². The normalized spacial score (nSPS) is 22.1. The highest BCUT2D eigenvalue weighted by atomic mass is 32.1. The maximum Gasteiger partial charge on any atom is 0.323 e. The third kappa shape index (κ3) is 22.5. The molecule has 121 heavy (non-hydrogen) atoms. The fourth-order valence-electron chi connectivity index (χ4n) is 16.0. The molecule has 1 aromatic carbocycles. The first-order valence-corrected chi connectivity index (χ1v) is 39.9. The number of nitrogens with one attached hydrogen (secondary N) is 3. The van der Waals surface area contributed by atoms with Gasteiger partial charge in [-0.2, -0.15) is 0 Å². The topological polar surface area (TPSA) is 456 Å². The van der Waals surface area contributed by atoms with Crippen LogP contribution in [0.1, 0.15) is 89.4 Å². The van der Waals surface area contributed by atoms with E-state index in [1.54, 1.807) is 11.5 Å². The Hall–Kier alpha value is -11.3. The zero-order valence-electron chi connectivity index (χ0n) is 70.1. The number of Topliss-reactive ketones (excluding diaryl/α,β-unsaturated/α-hetero) is 1. The lowest BCUT2D eigenvalue weighted by molar-refractivity contribution is -0.201. The number of anilines is 1. The molecule has 4 aliphatic carbocycles. The van der Waals surface area contributed by atoms with E-state index in [4.69, 9.17) is 24.1 Å². The molecule has 2 aliphatic heterocycles. The SMILES string of the molecule is C[C@H](NC(=O)CCc1cc(F)c(N2C(=O)C=CC2=O)cc1OCCCC(=O)N(C)CC(=O)N(C)CC(=O)N(C)CC(=O)N(C)CC(=O)N(C)CC(=O)N(C)CC(=O)N(C)CC(=O)N(C)CC(=O)N(C)CC(=O)N(C)CC(=O)O)C(=O)N[C@@H](C)C(=O)NCOCC(=O)[C@@]12O[C@H](c3sccc3F)O[C@@H]1C[C@H]1[C@@H]3CCC4=CC(=O)C=C[C@]4(C)[C@H]3[C@@H](O)C[C@@]12C. The summed E-state index contributed by atoms with van der Waals surface area (Å²) in [6, 6.07) is 0.854. The van der Waals surface area contributed by atoms with Gasteiger partial charge in [0.05, 0.1) is 88.3 Å². The highest BCUT2D eigenvalue weighted by Crippen LogP contribution is 2.71. The van der Waals surface area contributed by atoms with Gasteiger partial charge in [-0.3, -0.25) is 86.3 Å². The van der Waals surface area contributed by atoms with E-state index in [2.05, 4.69) is 16.0 Å². The summed E-state index contributed by atoms with van der Waals surface area (Å²) in [6.45, 7) is 0.0886. The van der Waals surface area contributed by atoms with Crippen molar-refractivity contribution in [2.75, 3.05) is 161 Å². The molecule has 0 unspecified atom stereocenters. The van der Waals surface area contributed by atoms with Gasteiger partial charge in [-0.1, -0.05) is 25.5 Å². The Morgan fingerprint density at radius 2 is 1.09 bits per heavy atom. The summed E-state index contributed by atoms with van der Waals surface area (Å²) >= 11 is 1.07. The van der Waals surface area contributed by atoms with Crippen molar-refractivity contribution >= 4 is 123 Å². The van der Waals surface area contributed by atoms with Gasteiger partial charge in [0.25, 0.3) is 11.8 Å². The van der Waals surface area contributed by atoms with Crippen molar-refractivity contribution in [3.8, 4) is 5.75 Å². The van der Waals surface area contributed by atoms with Gasteiger partial charge in [-0.15, -0.1) is 11.3 Å². The van der Waals surface area contributed by atoms with Crippen LogP contribution < -0.4 is 25.6 Å². The van der Waals surface area contributed by atoms with Crippen molar-refractivity contribution < 1.29 is 124 Å². The van der Waals surface area contributed by atoms with Crippen LogP contribution >= 0.6 is 11.3 Å². The number of fused-ring (bicyclic) bond motifs is 7. The molecule has 6 aliphatic rings. The second-order valence-electron chi connectivity index (χ2n) is 32.0. The number of hydrogen-bond donors (Lipinski definition) is 5. The van der Waals surface area contributed by atoms with E-state index >= 15 is 8.78 Å². The standard InChI is InChI=1S/C80H106F2N14O24S/c1-45(75(115)83-44-117-43-57(99)80-58(119-77(120-80)74-52(81)24-27-121-74)30-51-50-19-18-48-29-49(97)23-25-78(48,3)73(50)55(98)32-79(51,80)4)85-76(116)46(2)84-59(100)20-17-47-28-53(82)54(96-61(102)21-22-62(96)103)31-56(47)118-26-15-16-60(101)86(5)33-63(104)87(6)34-64(105)88(7)35-65(106)89(8)36-66(107)90(9)37-67(108)91(10)38-68(109)92(11)39-69(110)93(12)40-70(111)94(13)41-71(112)95(14)42-72(113)114/h21-25,27-29,31,45-46,50-51,55,58,73,77,98H,15-20,26,30,32-44H2,1-14H3,(H,83,115)(H,84,100)(H,85,116)(H,113,114)/t45-,46-,50-,51-,55-,58+,73+,77+,78-,79-,80+/m0/s1. The molecule has 4 fully saturated rings. The van der Waals surface area contributed by atoms with Crippen molar-refractivity contribution in [1.29, 1.82) is 0 Å². The van der Waals surface area contributed by atoms with E-state index in [1.165, 1.54) is 96.5 Å². The van der Waals surface area contributed by atoms with E-state index in [-0.39, 0.29) is 78.4 Å². The van der Waals surface area contributed by atoms with Crippen molar-refractivity contribution in [3.63, 3.8) is 0 Å². The van der Waals surface area contributed by atoms with Crippen molar-refractivity contribution in [3.05, 3.63) is 81.6 Å². The molecule has 15 amide bonds. The van der Waals surface area contributed by atoms with Crippen LogP contribution in [0.3, 0.4) is 0 Å². The summed E-state index contributed by atoms with van der Waals surface area (Å²) < 4.78 is 55.9. The summed E-state index contributed by atoms with van der Waals surface area (Å²) in [7, 11) is 12.9. The number of benzene rings is 1. The second-order valence-corrected chi connectivity index (χ2v) is 32.9. The van der Waals surface area contributed by atoms with E-state index in [0.717, 1.165) is 90.2 Å². The number of aliphatic hydroxyl groups is 1. The molecule has 3 heterocycles. The molecule has 2 aromatic rings. The number of nitrogens with zero attached hydrogens (tertiary/aromatic N) is 11. The lowest BCUT2D eigenvalue weighted by atomic mass is 9.46. The molecular weight excluding hydrogens is 1610 g/mol. The van der Waals surface area contributed by atoms with Crippen LogP contribution in [0.5, 0.6) is 5.75 Å². The van der Waals surface area contributed by atoms with Gasteiger partial charge in [-0.25, -0.2) is 13.7 Å². The number of imide groups is 1. The number of halogens is 2. The molecule has 3 saturated carbocycles. The van der Waals surface area contributed by atoms with Crippen LogP contribution in [0.4, 0.5) is 14.5 Å². The smallest absolute Gasteiger partial charge is 0.323 e. The molecule has 41 heteroatoms. The third-order valence-corrected chi connectivity index (χ3v) is 24.1. The first-order valence-electron chi connectivity index (χ1n) is 39.0. The number of carboxylic acids is 1.